The molecule has 0 aliphatic heterocycles. The zero-order valence-corrected chi connectivity index (χ0v) is 12.2. The van der Waals surface area contributed by atoms with Gasteiger partial charge in [-0.05, 0) is 31.2 Å². The molecule has 106 valence electrons. The third kappa shape index (κ3) is 4.51. The van der Waals surface area contributed by atoms with Crippen molar-refractivity contribution in [1.29, 1.82) is 0 Å². The lowest BCUT2D eigenvalue weighted by Crippen LogP contribution is -2.36. The normalized spacial score (nSPS) is 15.5. The Kier molecular flexibility index (Phi) is 6.32. The molecule has 19 heavy (non-hydrogen) atoms. The maximum absolute atomic E-state index is 12.2. The first-order valence-electron chi connectivity index (χ1n) is 6.77. The van der Waals surface area contributed by atoms with Gasteiger partial charge in [0.15, 0.2) is 0 Å². The molecule has 1 aromatic rings. The van der Waals surface area contributed by atoms with Crippen molar-refractivity contribution >= 4 is 18.3 Å². The molecule has 2 N–H and O–H groups in total. The zero-order chi connectivity index (χ0) is 13.0. The molecule has 1 aromatic carbocycles. The van der Waals surface area contributed by atoms with E-state index in [2.05, 4.69) is 19.1 Å². The highest BCUT2D eigenvalue weighted by molar-refractivity contribution is 5.85. The van der Waals surface area contributed by atoms with E-state index in [0.29, 0.717) is 18.9 Å². The Morgan fingerprint density at radius 2 is 2.00 bits per heavy atom. The van der Waals surface area contributed by atoms with Crippen LogP contribution in [0.15, 0.2) is 30.3 Å². The van der Waals surface area contributed by atoms with Crippen LogP contribution in [0.4, 0.5) is 0 Å². The third-order valence-corrected chi connectivity index (χ3v) is 3.58. The number of nitrogens with two attached hydrogens (primary N) is 1. The maximum atomic E-state index is 12.2. The maximum Gasteiger partial charge on any atom is 0.224 e. The zero-order valence-electron chi connectivity index (χ0n) is 11.4. The minimum atomic E-state index is 0. The van der Waals surface area contributed by atoms with Crippen molar-refractivity contribution in [1.82, 2.24) is 4.90 Å². The third-order valence-electron chi connectivity index (χ3n) is 3.58. The van der Waals surface area contributed by atoms with Crippen molar-refractivity contribution in [3.8, 4) is 0 Å². The Hall–Kier alpha value is -1.06. The van der Waals surface area contributed by atoms with Crippen LogP contribution in [0, 0.1) is 5.92 Å². The molecule has 1 fully saturated rings. The Morgan fingerprint density at radius 1 is 1.37 bits per heavy atom. The summed E-state index contributed by atoms with van der Waals surface area (Å²) in [5.74, 6) is 0.888. The van der Waals surface area contributed by atoms with Gasteiger partial charge in [-0.15, -0.1) is 12.4 Å². The van der Waals surface area contributed by atoms with E-state index >= 15 is 0 Å². The molecule has 0 saturated heterocycles. The molecule has 1 atom stereocenters. The smallest absolute Gasteiger partial charge is 0.224 e. The number of halogens is 1. The molecule has 0 radical (unpaired) electrons. The molecule has 1 unspecified atom stereocenters. The van der Waals surface area contributed by atoms with E-state index in [9.17, 15) is 4.79 Å². The Bertz CT molecular complexity index is 392. The second-order valence-corrected chi connectivity index (χ2v) is 5.11. The quantitative estimate of drug-likeness (QED) is 0.872. The highest BCUT2D eigenvalue weighted by Gasteiger charge is 2.29. The van der Waals surface area contributed by atoms with E-state index in [1.807, 2.05) is 23.1 Å². The first-order valence-corrected chi connectivity index (χ1v) is 6.77. The van der Waals surface area contributed by atoms with Crippen LogP contribution in [-0.2, 0) is 4.79 Å². The van der Waals surface area contributed by atoms with Crippen LogP contribution in [0.5, 0.6) is 0 Å². The van der Waals surface area contributed by atoms with Crippen LogP contribution < -0.4 is 5.73 Å². The topological polar surface area (TPSA) is 46.3 Å². The van der Waals surface area contributed by atoms with Gasteiger partial charge in [0.2, 0.25) is 5.91 Å². The predicted molar refractivity (Wildman–Crippen MR) is 80.2 cm³/mol. The van der Waals surface area contributed by atoms with Crippen LogP contribution in [-0.4, -0.2) is 23.9 Å². The average Bonchev–Trinajstić information content (AvgIpc) is 3.20. The van der Waals surface area contributed by atoms with Crippen molar-refractivity contribution < 1.29 is 4.79 Å². The van der Waals surface area contributed by atoms with Crippen LogP contribution in [0.3, 0.4) is 0 Å². The van der Waals surface area contributed by atoms with Crippen LogP contribution in [0.2, 0.25) is 0 Å². The highest BCUT2D eigenvalue weighted by Crippen LogP contribution is 2.33. The largest absolute Gasteiger partial charge is 0.336 e. The Morgan fingerprint density at radius 3 is 2.53 bits per heavy atom. The molecule has 1 saturated carbocycles. The summed E-state index contributed by atoms with van der Waals surface area (Å²) >= 11 is 0. The van der Waals surface area contributed by atoms with E-state index in [0.717, 1.165) is 6.54 Å². The summed E-state index contributed by atoms with van der Waals surface area (Å²) in [6, 6.07) is 10.4. The van der Waals surface area contributed by atoms with Gasteiger partial charge in [-0.3, -0.25) is 4.79 Å². The summed E-state index contributed by atoms with van der Waals surface area (Å²) in [6.45, 7) is 3.42. The van der Waals surface area contributed by atoms with Gasteiger partial charge in [0.1, 0.15) is 0 Å². The molecular formula is C15H23ClN2O. The van der Waals surface area contributed by atoms with Crippen molar-refractivity contribution in [3.63, 3.8) is 0 Å². The first-order chi connectivity index (χ1) is 8.72. The van der Waals surface area contributed by atoms with E-state index in [1.165, 1.54) is 18.4 Å². The molecule has 1 amide bonds. The Balaban J connectivity index is 0.00000180. The molecule has 4 heteroatoms. The number of amides is 1. The highest BCUT2D eigenvalue weighted by atomic mass is 35.5. The lowest BCUT2D eigenvalue weighted by molar-refractivity contribution is -0.133. The van der Waals surface area contributed by atoms with E-state index in [4.69, 9.17) is 5.73 Å². The number of carbonyl (C=O) groups is 1. The van der Waals surface area contributed by atoms with Crippen LogP contribution >= 0.6 is 12.4 Å². The van der Waals surface area contributed by atoms with Crippen LogP contribution in [0.1, 0.15) is 37.8 Å². The summed E-state index contributed by atoms with van der Waals surface area (Å²) in [5.41, 5.74) is 6.70. The van der Waals surface area contributed by atoms with Gasteiger partial charge >= 0.3 is 0 Å². The van der Waals surface area contributed by atoms with Gasteiger partial charge in [0.05, 0.1) is 6.04 Å². The standard InChI is InChI=1S/C15H22N2O.ClH/c1-12(14-5-3-2-4-6-14)17(11-13-7-8-13)15(18)9-10-16;/h2-6,12-13H,7-11,16H2,1H3;1H. The summed E-state index contributed by atoms with van der Waals surface area (Å²) < 4.78 is 0. The van der Waals surface area contributed by atoms with Gasteiger partial charge < -0.3 is 10.6 Å². The van der Waals surface area contributed by atoms with Crippen molar-refractivity contribution in [3.05, 3.63) is 35.9 Å². The average molecular weight is 283 g/mol. The van der Waals surface area contributed by atoms with E-state index in [1.54, 1.807) is 0 Å². The fraction of sp³-hybridized carbons (Fsp3) is 0.533. The summed E-state index contributed by atoms with van der Waals surface area (Å²) in [7, 11) is 0. The second-order valence-electron chi connectivity index (χ2n) is 5.11. The van der Waals surface area contributed by atoms with Gasteiger partial charge in [0.25, 0.3) is 0 Å². The molecule has 0 heterocycles. The van der Waals surface area contributed by atoms with Gasteiger partial charge in [-0.25, -0.2) is 0 Å². The minimum absolute atomic E-state index is 0. The number of benzene rings is 1. The summed E-state index contributed by atoms with van der Waals surface area (Å²) in [4.78, 5) is 14.2. The Labute approximate surface area is 121 Å². The lowest BCUT2D eigenvalue weighted by Gasteiger charge is -2.30. The molecule has 2 rings (SSSR count). The van der Waals surface area contributed by atoms with E-state index < -0.39 is 0 Å². The number of rotatable bonds is 6. The number of hydrogen-bond acceptors (Lipinski definition) is 2. The molecule has 0 aromatic heterocycles. The summed E-state index contributed by atoms with van der Waals surface area (Å²) in [5, 5.41) is 0. The van der Waals surface area contributed by atoms with Crippen molar-refractivity contribution in [2.75, 3.05) is 13.1 Å². The number of hydrogen-bond donors (Lipinski definition) is 1. The molecule has 0 bridgehead atoms. The molecule has 3 nitrogen and oxygen atoms in total. The number of nitrogens with zero attached hydrogens (tertiary/aromatic N) is 1. The minimum Gasteiger partial charge on any atom is -0.336 e. The van der Waals surface area contributed by atoms with Crippen LogP contribution in [0.25, 0.3) is 0 Å². The number of carbonyl (C=O) groups excluding carboxylic acids is 1. The fourth-order valence-corrected chi connectivity index (χ4v) is 2.23. The molecule has 1 aliphatic rings. The molecular weight excluding hydrogens is 260 g/mol. The first kappa shape index (κ1) is 16.0. The van der Waals surface area contributed by atoms with Gasteiger partial charge in [0, 0.05) is 19.5 Å². The SMILES string of the molecule is CC(c1ccccc1)N(CC1CC1)C(=O)CCN.Cl. The second kappa shape index (κ2) is 7.51. The molecule has 1 aliphatic carbocycles. The monoisotopic (exact) mass is 282 g/mol. The van der Waals surface area contributed by atoms with Crippen molar-refractivity contribution in [2.24, 2.45) is 11.7 Å². The molecule has 0 spiro atoms. The lowest BCUT2D eigenvalue weighted by atomic mass is 10.1. The summed E-state index contributed by atoms with van der Waals surface area (Å²) in [6.07, 6.45) is 2.96. The van der Waals surface area contributed by atoms with Crippen molar-refractivity contribution in [2.45, 2.75) is 32.2 Å². The fourth-order valence-electron chi connectivity index (χ4n) is 2.23. The van der Waals surface area contributed by atoms with Gasteiger partial charge in [-0.1, -0.05) is 30.3 Å². The predicted octanol–water partition coefficient (Wildman–Crippen LogP) is 2.76. The van der Waals surface area contributed by atoms with Gasteiger partial charge in [-0.2, -0.15) is 0 Å². The van der Waals surface area contributed by atoms with E-state index in [-0.39, 0.29) is 24.4 Å².